The number of anilines is 1. The maximum absolute atomic E-state index is 11.5. The van der Waals surface area contributed by atoms with Crippen molar-refractivity contribution in [2.75, 3.05) is 51.3 Å². The van der Waals surface area contributed by atoms with Crippen molar-refractivity contribution >= 4 is 34.2 Å². The monoisotopic (exact) mass is 424 g/mol. The Balaban J connectivity index is 1.45. The molecule has 0 spiro atoms. The number of quaternary nitrogens is 1. The van der Waals surface area contributed by atoms with E-state index >= 15 is 0 Å². The van der Waals surface area contributed by atoms with E-state index in [0.29, 0.717) is 13.0 Å². The molecule has 0 radical (unpaired) electrons. The van der Waals surface area contributed by atoms with E-state index in [1.807, 2.05) is 18.2 Å². The van der Waals surface area contributed by atoms with Crippen LogP contribution in [0, 0.1) is 0 Å². The zero-order valence-electron chi connectivity index (χ0n) is 16.3. The molecular weight excluding hydrogens is 398 g/mol. The Kier molecular flexibility index (Phi) is 7.47. The Labute approximate surface area is 174 Å². The molecule has 1 saturated heterocycles. The van der Waals surface area contributed by atoms with Crippen molar-refractivity contribution in [1.29, 1.82) is 0 Å². The fourth-order valence-electron chi connectivity index (χ4n) is 3.18. The molecule has 0 unspecified atom stereocenters. The predicted octanol–water partition coefficient (Wildman–Crippen LogP) is 0.586. The highest BCUT2D eigenvalue weighted by Gasteiger charge is 2.22. The Hall–Kier alpha value is -1.90. The predicted molar refractivity (Wildman–Crippen MR) is 112 cm³/mol. The van der Waals surface area contributed by atoms with Crippen LogP contribution in [0.15, 0.2) is 24.3 Å². The number of carbonyl (C=O) groups is 1. The van der Waals surface area contributed by atoms with Crippen molar-refractivity contribution in [3.05, 3.63) is 35.7 Å². The normalized spacial score (nSPS) is 16.0. The van der Waals surface area contributed by atoms with Gasteiger partial charge in [0.15, 0.2) is 0 Å². The lowest BCUT2D eigenvalue weighted by Crippen LogP contribution is -3.15. The molecule has 1 aliphatic heterocycles. The number of alkyl halides is 1. The fraction of sp³-hybridized carbons (Fsp3) is 0.526. The molecule has 3 rings (SSSR count). The quantitative estimate of drug-likeness (QED) is 0.607. The van der Waals surface area contributed by atoms with Gasteiger partial charge in [-0.3, -0.25) is 4.79 Å². The summed E-state index contributed by atoms with van der Waals surface area (Å²) in [4.78, 5) is 20.0. The van der Waals surface area contributed by atoms with E-state index in [9.17, 15) is 4.79 Å². The lowest BCUT2D eigenvalue weighted by Gasteiger charge is -2.31. The number of rotatable bonds is 8. The second kappa shape index (κ2) is 10.0. The molecule has 1 aliphatic rings. The number of carbonyl (C=O) groups excluding carboxylic acids is 1. The van der Waals surface area contributed by atoms with Crippen LogP contribution >= 0.6 is 23.1 Å². The molecular formula is C19H27ClN5O2S+. The molecule has 7 nitrogen and oxygen atoms in total. The molecule has 2 aromatic rings. The van der Waals surface area contributed by atoms with E-state index in [0.717, 1.165) is 55.0 Å². The van der Waals surface area contributed by atoms with Crippen LogP contribution in [0.5, 0.6) is 5.75 Å². The van der Waals surface area contributed by atoms with Gasteiger partial charge in [0.2, 0.25) is 11.0 Å². The van der Waals surface area contributed by atoms with Crippen LogP contribution in [-0.4, -0.2) is 67.0 Å². The molecule has 152 valence electrons. The highest BCUT2D eigenvalue weighted by molar-refractivity contribution is 7.09. The number of methoxy groups -OCH3 is 1. The number of aromatic nitrogens is 2. The van der Waals surface area contributed by atoms with Crippen molar-refractivity contribution < 1.29 is 14.4 Å². The molecule has 2 heterocycles. The minimum absolute atomic E-state index is 0.0999. The van der Waals surface area contributed by atoms with Crippen LogP contribution in [-0.2, 0) is 11.2 Å². The van der Waals surface area contributed by atoms with Gasteiger partial charge in [-0.15, -0.1) is 11.6 Å². The van der Waals surface area contributed by atoms with E-state index in [-0.39, 0.29) is 5.91 Å². The average Bonchev–Trinajstić information content (AvgIpc) is 3.17. The minimum atomic E-state index is -0.476. The maximum atomic E-state index is 11.5. The summed E-state index contributed by atoms with van der Waals surface area (Å²) < 4.78 is 9.81. The Morgan fingerprint density at radius 3 is 2.93 bits per heavy atom. The van der Waals surface area contributed by atoms with E-state index in [1.165, 1.54) is 16.4 Å². The van der Waals surface area contributed by atoms with Crippen LogP contribution < -0.4 is 19.9 Å². The van der Waals surface area contributed by atoms with Gasteiger partial charge in [-0.1, -0.05) is 12.1 Å². The lowest BCUT2D eigenvalue weighted by atomic mass is 10.1. The van der Waals surface area contributed by atoms with E-state index < -0.39 is 5.38 Å². The number of ether oxygens (including phenoxy) is 1. The number of amides is 1. The summed E-state index contributed by atoms with van der Waals surface area (Å²) in [5.41, 5.74) is 1.14. The summed E-state index contributed by atoms with van der Waals surface area (Å²) in [6.45, 7) is 7.21. The van der Waals surface area contributed by atoms with Gasteiger partial charge in [0.1, 0.15) is 17.0 Å². The smallest absolute Gasteiger partial charge is 0.237 e. The molecule has 0 aliphatic carbocycles. The first-order chi connectivity index (χ1) is 13.5. The van der Waals surface area contributed by atoms with E-state index in [4.69, 9.17) is 21.3 Å². The molecule has 1 fully saturated rings. The molecule has 1 aromatic heterocycles. The van der Waals surface area contributed by atoms with Gasteiger partial charge in [0.25, 0.3) is 0 Å². The Morgan fingerprint density at radius 1 is 1.43 bits per heavy atom. The van der Waals surface area contributed by atoms with Gasteiger partial charge in [-0.2, -0.15) is 4.37 Å². The maximum Gasteiger partial charge on any atom is 0.237 e. The molecule has 2 N–H and O–H groups in total. The summed E-state index contributed by atoms with van der Waals surface area (Å²) in [5, 5.41) is 3.38. The van der Waals surface area contributed by atoms with Crippen molar-refractivity contribution in [1.82, 2.24) is 14.7 Å². The lowest BCUT2D eigenvalue weighted by molar-refractivity contribution is -0.899. The molecule has 9 heteroatoms. The van der Waals surface area contributed by atoms with Crippen LogP contribution in [0.4, 0.5) is 5.13 Å². The van der Waals surface area contributed by atoms with Gasteiger partial charge in [-0.25, -0.2) is 4.98 Å². The van der Waals surface area contributed by atoms with Crippen LogP contribution in [0.3, 0.4) is 0 Å². The van der Waals surface area contributed by atoms with Gasteiger partial charge in [-0.05, 0) is 24.6 Å². The van der Waals surface area contributed by atoms with Gasteiger partial charge in [0, 0.05) is 18.0 Å². The van der Waals surface area contributed by atoms with Gasteiger partial charge < -0.3 is 19.9 Å². The highest BCUT2D eigenvalue weighted by atomic mass is 35.5. The van der Waals surface area contributed by atoms with Gasteiger partial charge in [0.05, 0.1) is 46.4 Å². The summed E-state index contributed by atoms with van der Waals surface area (Å²) >= 11 is 7.23. The molecule has 28 heavy (non-hydrogen) atoms. The largest absolute Gasteiger partial charge is 0.497 e. The third kappa shape index (κ3) is 5.80. The Morgan fingerprint density at radius 2 is 2.21 bits per heavy atom. The van der Waals surface area contributed by atoms with Crippen LogP contribution in [0.1, 0.15) is 18.3 Å². The highest BCUT2D eigenvalue weighted by Crippen LogP contribution is 2.20. The zero-order chi connectivity index (χ0) is 19.9. The number of nitrogens with one attached hydrogen (secondary N) is 2. The SMILES string of the molecule is COc1cccc(Cc2nsc(N3CC[NH+](CCNC(=O)[C@@H](C)Cl)CC3)n2)c1. The number of hydrogen-bond acceptors (Lipinski definition) is 6. The van der Waals surface area contributed by atoms with Crippen LogP contribution in [0.2, 0.25) is 0 Å². The Bertz CT molecular complexity index is 777. The number of benzene rings is 1. The molecule has 1 aromatic carbocycles. The standard InChI is InChI=1S/C19H26ClN5O2S/c1-14(20)18(26)21-6-7-24-8-10-25(11-9-24)19-22-17(23-28-19)13-15-4-3-5-16(12-15)27-2/h3-5,12,14H,6-11,13H2,1-2H3,(H,21,26)/p+1/t14-/m1/s1. The second-order valence-corrected chi connectivity index (χ2v) is 8.30. The number of piperazine rings is 1. The number of halogens is 1. The van der Waals surface area contributed by atoms with E-state index in [1.54, 1.807) is 14.0 Å². The molecule has 0 bridgehead atoms. The van der Waals surface area contributed by atoms with Gasteiger partial charge >= 0.3 is 0 Å². The van der Waals surface area contributed by atoms with Crippen molar-refractivity contribution in [2.45, 2.75) is 18.7 Å². The molecule has 1 atom stereocenters. The molecule has 0 saturated carbocycles. The first-order valence-electron chi connectivity index (χ1n) is 9.51. The first-order valence-corrected chi connectivity index (χ1v) is 10.7. The molecule has 1 amide bonds. The topological polar surface area (TPSA) is 71.8 Å². The first kappa shape index (κ1) is 20.8. The minimum Gasteiger partial charge on any atom is -0.497 e. The van der Waals surface area contributed by atoms with Crippen molar-refractivity contribution in [3.63, 3.8) is 0 Å². The zero-order valence-corrected chi connectivity index (χ0v) is 17.9. The third-order valence-electron chi connectivity index (χ3n) is 4.83. The third-order valence-corrected chi connectivity index (χ3v) is 5.85. The number of hydrogen-bond donors (Lipinski definition) is 2. The summed E-state index contributed by atoms with van der Waals surface area (Å²) in [5.74, 6) is 1.60. The van der Waals surface area contributed by atoms with Crippen molar-refractivity contribution in [3.8, 4) is 5.75 Å². The second-order valence-electron chi connectivity index (χ2n) is 6.92. The summed E-state index contributed by atoms with van der Waals surface area (Å²) in [6.07, 6.45) is 0.706. The summed E-state index contributed by atoms with van der Waals surface area (Å²) in [6, 6.07) is 8.01. The summed E-state index contributed by atoms with van der Waals surface area (Å²) in [7, 11) is 1.67. The average molecular weight is 425 g/mol. The van der Waals surface area contributed by atoms with Crippen molar-refractivity contribution in [2.24, 2.45) is 0 Å². The van der Waals surface area contributed by atoms with E-state index in [2.05, 4.69) is 20.7 Å². The van der Waals surface area contributed by atoms with Crippen LogP contribution in [0.25, 0.3) is 0 Å². The fourth-order valence-corrected chi connectivity index (χ4v) is 3.99. The number of nitrogens with zero attached hydrogens (tertiary/aromatic N) is 3.